The molecule has 1 fully saturated rings. The van der Waals surface area contributed by atoms with Crippen LogP contribution in [0.2, 0.25) is 0 Å². The molecular weight excluding hydrogens is 226 g/mol. The van der Waals surface area contributed by atoms with Crippen LogP contribution in [0.15, 0.2) is 36.9 Å². The van der Waals surface area contributed by atoms with Crippen LogP contribution in [0.4, 0.5) is 0 Å². The Balaban J connectivity index is 1.54. The van der Waals surface area contributed by atoms with Crippen molar-refractivity contribution in [2.45, 2.75) is 32.0 Å². The lowest BCUT2D eigenvalue weighted by Gasteiger charge is -2.24. The quantitative estimate of drug-likeness (QED) is 0.795. The van der Waals surface area contributed by atoms with Crippen LogP contribution in [0.5, 0.6) is 0 Å². The number of hydrogen-bond donors (Lipinski definition) is 0. The zero-order valence-corrected chi connectivity index (χ0v) is 10.5. The first-order chi connectivity index (χ1) is 8.92. The van der Waals surface area contributed by atoms with Gasteiger partial charge in [0.05, 0.1) is 13.1 Å². The molecule has 1 atom stereocenters. The van der Waals surface area contributed by atoms with Crippen LogP contribution >= 0.6 is 0 Å². The van der Waals surface area contributed by atoms with Gasteiger partial charge in [-0.25, -0.2) is 0 Å². The summed E-state index contributed by atoms with van der Waals surface area (Å²) in [4.78, 5) is 2.56. The van der Waals surface area contributed by atoms with Gasteiger partial charge in [0.15, 0.2) is 0 Å². The van der Waals surface area contributed by atoms with E-state index < -0.39 is 0 Å². The maximum absolute atomic E-state index is 4.30. The van der Waals surface area contributed by atoms with Gasteiger partial charge >= 0.3 is 0 Å². The van der Waals surface area contributed by atoms with Crippen molar-refractivity contribution >= 4 is 0 Å². The predicted molar refractivity (Wildman–Crippen MR) is 69.0 cm³/mol. The molecule has 0 bridgehead atoms. The van der Waals surface area contributed by atoms with Crippen LogP contribution < -0.4 is 0 Å². The van der Waals surface area contributed by atoms with Crippen molar-refractivity contribution in [3.8, 4) is 0 Å². The van der Waals surface area contributed by atoms with Gasteiger partial charge in [-0.05, 0) is 31.5 Å². The van der Waals surface area contributed by atoms with E-state index in [-0.39, 0.29) is 0 Å². The molecule has 0 saturated carbocycles. The summed E-state index contributed by atoms with van der Waals surface area (Å²) in [5.41, 5.74) is 0. The van der Waals surface area contributed by atoms with Gasteiger partial charge in [-0.1, -0.05) is 0 Å². The van der Waals surface area contributed by atoms with Gasteiger partial charge in [0.25, 0.3) is 0 Å². The number of nitrogens with zero attached hydrogens (tertiary/aromatic N) is 5. The van der Waals surface area contributed by atoms with E-state index in [9.17, 15) is 0 Å². The van der Waals surface area contributed by atoms with Crippen LogP contribution in [-0.2, 0) is 13.1 Å². The maximum atomic E-state index is 4.30. The van der Waals surface area contributed by atoms with E-state index in [0.717, 1.165) is 19.6 Å². The standard InChI is InChI=1S/C13H19N5/c1-4-13(12-18-9-3-6-15-18)16(7-1)10-11-17-8-2-5-14-17/h2-3,5-6,8-9,13H,1,4,7,10-12H2/t13-/m0/s1. The van der Waals surface area contributed by atoms with Crippen molar-refractivity contribution in [3.63, 3.8) is 0 Å². The van der Waals surface area contributed by atoms with Gasteiger partial charge in [-0.15, -0.1) is 0 Å². The Morgan fingerprint density at radius 1 is 1.00 bits per heavy atom. The van der Waals surface area contributed by atoms with Crippen LogP contribution in [0.3, 0.4) is 0 Å². The van der Waals surface area contributed by atoms with Gasteiger partial charge in [-0.3, -0.25) is 14.3 Å². The van der Waals surface area contributed by atoms with E-state index in [0.29, 0.717) is 6.04 Å². The fourth-order valence-electron chi connectivity index (χ4n) is 2.68. The highest BCUT2D eigenvalue weighted by Crippen LogP contribution is 2.18. The molecular formula is C13H19N5. The minimum absolute atomic E-state index is 0.625. The summed E-state index contributed by atoms with van der Waals surface area (Å²) in [6, 6.07) is 4.59. The van der Waals surface area contributed by atoms with E-state index in [1.54, 1.807) is 0 Å². The summed E-state index contributed by atoms with van der Waals surface area (Å²) < 4.78 is 4.04. The highest BCUT2D eigenvalue weighted by atomic mass is 15.3. The molecule has 18 heavy (non-hydrogen) atoms. The first-order valence-corrected chi connectivity index (χ1v) is 6.61. The highest BCUT2D eigenvalue weighted by molar-refractivity contribution is 4.84. The average molecular weight is 245 g/mol. The molecule has 2 aromatic rings. The van der Waals surface area contributed by atoms with Gasteiger partial charge in [0.1, 0.15) is 0 Å². The molecule has 0 N–H and O–H groups in total. The minimum Gasteiger partial charge on any atom is -0.297 e. The third kappa shape index (κ3) is 2.61. The van der Waals surface area contributed by atoms with Crippen LogP contribution in [0.1, 0.15) is 12.8 Å². The fraction of sp³-hybridized carbons (Fsp3) is 0.538. The number of hydrogen-bond acceptors (Lipinski definition) is 3. The maximum Gasteiger partial charge on any atom is 0.0564 e. The molecule has 0 aromatic carbocycles. The molecule has 5 nitrogen and oxygen atoms in total. The van der Waals surface area contributed by atoms with Crippen molar-refractivity contribution in [1.82, 2.24) is 24.5 Å². The lowest BCUT2D eigenvalue weighted by molar-refractivity contribution is 0.216. The first-order valence-electron chi connectivity index (χ1n) is 6.61. The third-order valence-electron chi connectivity index (χ3n) is 3.63. The van der Waals surface area contributed by atoms with E-state index in [2.05, 4.69) is 15.1 Å². The van der Waals surface area contributed by atoms with Crippen LogP contribution in [0, 0.1) is 0 Å². The van der Waals surface area contributed by atoms with Gasteiger partial charge in [0, 0.05) is 37.4 Å². The molecule has 0 radical (unpaired) electrons. The molecule has 0 unspecified atom stereocenters. The Morgan fingerprint density at radius 3 is 2.50 bits per heavy atom. The molecule has 2 aromatic heterocycles. The lowest BCUT2D eigenvalue weighted by Crippen LogP contribution is -2.35. The average Bonchev–Trinajstić information content (AvgIpc) is 3.10. The highest BCUT2D eigenvalue weighted by Gasteiger charge is 2.24. The smallest absolute Gasteiger partial charge is 0.0564 e. The second-order valence-electron chi connectivity index (χ2n) is 4.83. The van der Waals surface area contributed by atoms with E-state index in [4.69, 9.17) is 0 Å². The second kappa shape index (κ2) is 5.35. The lowest BCUT2D eigenvalue weighted by atomic mass is 10.2. The summed E-state index contributed by atoms with van der Waals surface area (Å²) in [6.07, 6.45) is 10.3. The molecule has 1 aliphatic rings. The summed E-state index contributed by atoms with van der Waals surface area (Å²) in [5, 5.41) is 8.55. The summed E-state index contributed by atoms with van der Waals surface area (Å²) in [5.74, 6) is 0. The zero-order valence-electron chi connectivity index (χ0n) is 10.5. The Bertz CT molecular complexity index is 448. The van der Waals surface area contributed by atoms with Gasteiger partial charge < -0.3 is 0 Å². The molecule has 1 aliphatic heterocycles. The van der Waals surface area contributed by atoms with Crippen LogP contribution in [0.25, 0.3) is 0 Å². The predicted octanol–water partition coefficient (Wildman–Crippen LogP) is 1.24. The molecule has 5 heteroatoms. The van der Waals surface area contributed by atoms with Crippen molar-refractivity contribution in [2.24, 2.45) is 0 Å². The summed E-state index contributed by atoms with van der Waals surface area (Å²) >= 11 is 0. The van der Waals surface area contributed by atoms with Crippen LogP contribution in [-0.4, -0.2) is 43.6 Å². The first kappa shape index (κ1) is 11.5. The zero-order chi connectivity index (χ0) is 12.2. The third-order valence-corrected chi connectivity index (χ3v) is 3.63. The topological polar surface area (TPSA) is 38.9 Å². The molecule has 0 aliphatic carbocycles. The molecule has 0 amide bonds. The van der Waals surface area contributed by atoms with Gasteiger partial charge in [0.2, 0.25) is 0 Å². The van der Waals surface area contributed by atoms with Crippen molar-refractivity contribution in [2.75, 3.05) is 13.1 Å². The molecule has 1 saturated heterocycles. The molecule has 0 spiro atoms. The van der Waals surface area contributed by atoms with Crippen molar-refractivity contribution in [3.05, 3.63) is 36.9 Å². The number of likely N-dealkylation sites (tertiary alicyclic amines) is 1. The summed E-state index contributed by atoms with van der Waals surface area (Å²) in [6.45, 7) is 4.26. The molecule has 3 heterocycles. The Morgan fingerprint density at radius 2 is 1.78 bits per heavy atom. The monoisotopic (exact) mass is 245 g/mol. The van der Waals surface area contributed by atoms with Gasteiger partial charge in [-0.2, -0.15) is 10.2 Å². The van der Waals surface area contributed by atoms with Crippen molar-refractivity contribution in [1.29, 1.82) is 0 Å². The fourth-order valence-corrected chi connectivity index (χ4v) is 2.68. The number of aromatic nitrogens is 4. The Kier molecular flexibility index (Phi) is 3.41. The van der Waals surface area contributed by atoms with E-state index in [1.807, 2.05) is 46.3 Å². The van der Waals surface area contributed by atoms with E-state index >= 15 is 0 Å². The Hall–Kier alpha value is -1.62. The second-order valence-corrected chi connectivity index (χ2v) is 4.83. The largest absolute Gasteiger partial charge is 0.297 e. The van der Waals surface area contributed by atoms with Crippen molar-refractivity contribution < 1.29 is 0 Å². The van der Waals surface area contributed by atoms with E-state index in [1.165, 1.54) is 19.4 Å². The normalized spacial score (nSPS) is 20.6. The number of rotatable bonds is 5. The molecule has 96 valence electrons. The Labute approximate surface area is 107 Å². The minimum atomic E-state index is 0.625. The molecule has 3 rings (SSSR count). The summed E-state index contributed by atoms with van der Waals surface area (Å²) in [7, 11) is 0. The SMILES string of the molecule is c1cnn(CCN2CCC[C@H]2Cn2cccn2)c1.